The van der Waals surface area contributed by atoms with E-state index < -0.39 is 11.7 Å². The summed E-state index contributed by atoms with van der Waals surface area (Å²) < 4.78 is 13.5. The third kappa shape index (κ3) is 3.36. The van der Waals surface area contributed by atoms with E-state index in [2.05, 4.69) is 21.2 Å². The fraction of sp³-hybridized carbons (Fsp3) is 0.133. The van der Waals surface area contributed by atoms with Crippen molar-refractivity contribution >= 4 is 27.5 Å². The first-order chi connectivity index (χ1) is 9.61. The molecule has 3 nitrogen and oxygen atoms in total. The minimum absolute atomic E-state index is 0.350. The van der Waals surface area contributed by atoms with Crippen molar-refractivity contribution in [2.24, 2.45) is 0 Å². The highest BCUT2D eigenvalue weighted by Gasteiger charge is 2.16. The molecule has 0 radical (unpaired) electrons. The molecule has 2 aromatic rings. The lowest BCUT2D eigenvalue weighted by molar-refractivity contribution is 0.102. The summed E-state index contributed by atoms with van der Waals surface area (Å²) in [5, 5.41) is 13.0. The smallest absolute Gasteiger partial charge is 0.262 e. The van der Waals surface area contributed by atoms with Gasteiger partial charge in [-0.25, -0.2) is 4.39 Å². The lowest BCUT2D eigenvalue weighted by atomic mass is 10.1. The molecule has 0 aliphatic carbocycles. The van der Waals surface area contributed by atoms with E-state index in [1.807, 2.05) is 12.1 Å². The molecule has 2 rings (SSSR count). The Morgan fingerprint density at radius 3 is 2.50 bits per heavy atom. The molecule has 0 atom stereocenters. The molecule has 1 amide bonds. The molecule has 0 aromatic heterocycles. The van der Waals surface area contributed by atoms with Gasteiger partial charge in [0.05, 0.1) is 0 Å². The first kappa shape index (κ1) is 14.5. The molecular formula is C15H13BrFNO2. The molecule has 104 valence electrons. The fourth-order valence-corrected chi connectivity index (χ4v) is 2.25. The fourth-order valence-electron chi connectivity index (χ4n) is 1.79. The van der Waals surface area contributed by atoms with Crippen LogP contribution < -0.4 is 5.32 Å². The Morgan fingerprint density at radius 1 is 1.20 bits per heavy atom. The molecule has 0 aliphatic rings. The van der Waals surface area contributed by atoms with E-state index in [0.717, 1.165) is 23.4 Å². The van der Waals surface area contributed by atoms with Crippen LogP contribution in [0.2, 0.25) is 0 Å². The Morgan fingerprint density at radius 2 is 1.90 bits per heavy atom. The predicted octanol–water partition coefficient (Wildman–Crippen LogP) is 3.72. The zero-order valence-corrected chi connectivity index (χ0v) is 12.2. The number of carbonyl (C=O) groups is 1. The molecule has 20 heavy (non-hydrogen) atoms. The highest BCUT2D eigenvalue weighted by Crippen LogP contribution is 2.21. The number of anilines is 1. The van der Waals surface area contributed by atoms with E-state index in [4.69, 9.17) is 0 Å². The predicted molar refractivity (Wildman–Crippen MR) is 80.0 cm³/mol. The van der Waals surface area contributed by atoms with E-state index in [1.54, 1.807) is 12.1 Å². The topological polar surface area (TPSA) is 49.3 Å². The maximum Gasteiger partial charge on any atom is 0.262 e. The summed E-state index contributed by atoms with van der Waals surface area (Å²) in [6.07, 6.45) is 0.891. The Balaban J connectivity index is 2.15. The standard InChI is InChI=1S/C15H13BrFNO2/c16-9-8-10-4-6-11(7-5-10)18-15(20)14-12(17)2-1-3-13(14)19/h1-7,19H,8-9H2,(H,18,20). The lowest BCUT2D eigenvalue weighted by Crippen LogP contribution is -2.14. The highest BCUT2D eigenvalue weighted by atomic mass is 79.9. The Bertz CT molecular complexity index is 594. The van der Waals surface area contributed by atoms with Crippen LogP contribution in [0, 0.1) is 5.82 Å². The summed E-state index contributed by atoms with van der Waals surface area (Å²) in [7, 11) is 0. The minimum Gasteiger partial charge on any atom is -0.507 e. The minimum atomic E-state index is -0.751. The number of benzene rings is 2. The van der Waals surface area contributed by atoms with Crippen molar-refractivity contribution in [1.82, 2.24) is 0 Å². The van der Waals surface area contributed by atoms with E-state index >= 15 is 0 Å². The maximum atomic E-state index is 13.5. The number of carbonyl (C=O) groups excluding carboxylic acids is 1. The Hall–Kier alpha value is -1.88. The second-order valence-electron chi connectivity index (χ2n) is 4.22. The van der Waals surface area contributed by atoms with Crippen LogP contribution in [0.3, 0.4) is 0 Å². The van der Waals surface area contributed by atoms with Crippen LogP contribution in [-0.2, 0) is 6.42 Å². The van der Waals surface area contributed by atoms with Crippen LogP contribution >= 0.6 is 15.9 Å². The van der Waals surface area contributed by atoms with Crippen molar-refractivity contribution in [3.05, 3.63) is 59.4 Å². The average molecular weight is 338 g/mol. The Kier molecular flexibility index (Phi) is 4.74. The van der Waals surface area contributed by atoms with Gasteiger partial charge in [0.25, 0.3) is 5.91 Å². The number of phenolic OH excluding ortho intramolecular Hbond substituents is 1. The van der Waals surface area contributed by atoms with Gasteiger partial charge in [0.2, 0.25) is 0 Å². The summed E-state index contributed by atoms with van der Waals surface area (Å²) in [5.41, 5.74) is 1.33. The van der Waals surface area contributed by atoms with E-state index in [9.17, 15) is 14.3 Å². The zero-order chi connectivity index (χ0) is 14.5. The van der Waals surface area contributed by atoms with E-state index in [1.165, 1.54) is 12.1 Å². The molecule has 2 aromatic carbocycles. The number of alkyl halides is 1. The van der Waals surface area contributed by atoms with E-state index in [-0.39, 0.29) is 11.3 Å². The number of halogens is 2. The van der Waals surface area contributed by atoms with Crippen LogP contribution in [0.5, 0.6) is 5.75 Å². The van der Waals surface area contributed by atoms with Gasteiger partial charge in [-0.05, 0) is 36.2 Å². The molecular weight excluding hydrogens is 325 g/mol. The number of nitrogens with one attached hydrogen (secondary N) is 1. The summed E-state index contributed by atoms with van der Waals surface area (Å²) in [6, 6.07) is 11.0. The molecule has 2 N–H and O–H groups in total. The second kappa shape index (κ2) is 6.52. The molecule has 0 aliphatic heterocycles. The van der Waals surface area contributed by atoms with Gasteiger partial charge in [-0.3, -0.25) is 4.79 Å². The average Bonchev–Trinajstić information content (AvgIpc) is 2.41. The van der Waals surface area contributed by atoms with Crippen LogP contribution in [0.1, 0.15) is 15.9 Å². The summed E-state index contributed by atoms with van der Waals surface area (Å²) in [6.45, 7) is 0. The van der Waals surface area contributed by atoms with Gasteiger partial charge in [-0.2, -0.15) is 0 Å². The largest absolute Gasteiger partial charge is 0.507 e. The Labute approximate surface area is 124 Å². The van der Waals surface area contributed by atoms with Gasteiger partial charge >= 0.3 is 0 Å². The SMILES string of the molecule is O=C(Nc1ccc(CCBr)cc1)c1c(O)cccc1F. The molecule has 0 bridgehead atoms. The quantitative estimate of drug-likeness (QED) is 0.835. The van der Waals surface area contributed by atoms with Crippen molar-refractivity contribution in [2.45, 2.75) is 6.42 Å². The van der Waals surface area contributed by atoms with Gasteiger partial charge in [0.1, 0.15) is 17.1 Å². The molecule has 0 heterocycles. The number of hydrogen-bond donors (Lipinski definition) is 2. The van der Waals surface area contributed by atoms with Gasteiger partial charge in [-0.15, -0.1) is 0 Å². The van der Waals surface area contributed by atoms with Crippen LogP contribution in [-0.4, -0.2) is 16.3 Å². The van der Waals surface area contributed by atoms with Gasteiger partial charge in [-0.1, -0.05) is 34.1 Å². The van der Waals surface area contributed by atoms with Gasteiger partial charge in [0.15, 0.2) is 0 Å². The summed E-state index contributed by atoms with van der Waals surface area (Å²) in [4.78, 5) is 11.9. The maximum absolute atomic E-state index is 13.5. The molecule has 0 unspecified atom stereocenters. The van der Waals surface area contributed by atoms with Gasteiger partial charge < -0.3 is 10.4 Å². The van der Waals surface area contributed by atoms with Crippen molar-refractivity contribution in [2.75, 3.05) is 10.6 Å². The third-order valence-electron chi connectivity index (χ3n) is 2.81. The van der Waals surface area contributed by atoms with Crippen molar-refractivity contribution in [3.8, 4) is 5.75 Å². The summed E-state index contributed by atoms with van der Waals surface area (Å²) in [5.74, 6) is -1.80. The number of phenols is 1. The molecule has 0 saturated carbocycles. The molecule has 0 fully saturated rings. The molecule has 0 spiro atoms. The zero-order valence-electron chi connectivity index (χ0n) is 10.6. The third-order valence-corrected chi connectivity index (χ3v) is 3.21. The van der Waals surface area contributed by atoms with Crippen LogP contribution in [0.15, 0.2) is 42.5 Å². The number of amides is 1. The lowest BCUT2D eigenvalue weighted by Gasteiger charge is -2.08. The highest BCUT2D eigenvalue weighted by molar-refractivity contribution is 9.09. The second-order valence-corrected chi connectivity index (χ2v) is 5.02. The number of hydrogen-bond acceptors (Lipinski definition) is 2. The normalized spacial score (nSPS) is 10.3. The van der Waals surface area contributed by atoms with Crippen LogP contribution in [0.25, 0.3) is 0 Å². The van der Waals surface area contributed by atoms with Crippen molar-refractivity contribution < 1.29 is 14.3 Å². The molecule has 0 saturated heterocycles. The molecule has 5 heteroatoms. The van der Waals surface area contributed by atoms with Gasteiger partial charge in [0, 0.05) is 11.0 Å². The first-order valence-electron chi connectivity index (χ1n) is 6.05. The number of rotatable bonds is 4. The van der Waals surface area contributed by atoms with Crippen LogP contribution in [0.4, 0.5) is 10.1 Å². The van der Waals surface area contributed by atoms with Crippen molar-refractivity contribution in [1.29, 1.82) is 0 Å². The number of aromatic hydroxyl groups is 1. The van der Waals surface area contributed by atoms with Crippen molar-refractivity contribution in [3.63, 3.8) is 0 Å². The first-order valence-corrected chi connectivity index (χ1v) is 7.17. The number of aryl methyl sites for hydroxylation is 1. The van der Waals surface area contributed by atoms with E-state index in [0.29, 0.717) is 5.69 Å². The summed E-state index contributed by atoms with van der Waals surface area (Å²) >= 11 is 3.35. The monoisotopic (exact) mass is 337 g/mol.